The maximum absolute atomic E-state index is 11.8. The molecule has 0 unspecified atom stereocenters. The van der Waals surface area contributed by atoms with Gasteiger partial charge in [0.2, 0.25) is 0 Å². The Kier molecular flexibility index (Phi) is 4.36. The van der Waals surface area contributed by atoms with Crippen molar-refractivity contribution >= 4 is 33.1 Å². The van der Waals surface area contributed by atoms with Gasteiger partial charge in [-0.2, -0.15) is 0 Å². The molecule has 0 aliphatic carbocycles. The molecule has 0 aliphatic heterocycles. The molecular formula is C12H14BrN3O3. The fourth-order valence-electron chi connectivity index (χ4n) is 1.81. The van der Waals surface area contributed by atoms with Gasteiger partial charge in [0.1, 0.15) is 6.54 Å². The third kappa shape index (κ3) is 3.04. The molecule has 2 aromatic rings. The molecule has 0 bridgehead atoms. The number of aromatic amines is 1. The third-order valence-electron chi connectivity index (χ3n) is 2.64. The maximum atomic E-state index is 11.8. The van der Waals surface area contributed by atoms with E-state index in [9.17, 15) is 9.59 Å². The highest BCUT2D eigenvalue weighted by molar-refractivity contribution is 9.09. The molecule has 0 aliphatic rings. The van der Waals surface area contributed by atoms with E-state index >= 15 is 0 Å². The van der Waals surface area contributed by atoms with E-state index in [0.29, 0.717) is 17.8 Å². The summed E-state index contributed by atoms with van der Waals surface area (Å²) in [7, 11) is 0. The van der Waals surface area contributed by atoms with E-state index in [1.165, 1.54) is 4.57 Å². The Morgan fingerprint density at radius 3 is 3.05 bits per heavy atom. The summed E-state index contributed by atoms with van der Waals surface area (Å²) in [5, 5.41) is 0.827. The lowest BCUT2D eigenvalue weighted by Crippen LogP contribution is -2.23. The van der Waals surface area contributed by atoms with Crippen LogP contribution in [0.25, 0.3) is 11.2 Å². The van der Waals surface area contributed by atoms with Gasteiger partial charge in [-0.3, -0.25) is 9.36 Å². The Morgan fingerprint density at radius 2 is 2.37 bits per heavy atom. The van der Waals surface area contributed by atoms with Crippen LogP contribution in [0.3, 0.4) is 0 Å². The molecule has 0 spiro atoms. The molecule has 0 saturated carbocycles. The Morgan fingerprint density at radius 1 is 1.58 bits per heavy atom. The highest BCUT2D eigenvalue weighted by Gasteiger charge is 2.12. The molecule has 0 aromatic carbocycles. The van der Waals surface area contributed by atoms with Gasteiger partial charge < -0.3 is 9.72 Å². The summed E-state index contributed by atoms with van der Waals surface area (Å²) in [6.45, 7) is 1.89. The summed E-state index contributed by atoms with van der Waals surface area (Å²) in [6, 6.07) is 1.87. The molecule has 0 amide bonds. The molecule has 7 heteroatoms. The number of nitrogens with one attached hydrogen (secondary N) is 1. The molecule has 1 N–H and O–H groups in total. The van der Waals surface area contributed by atoms with Gasteiger partial charge in [0.15, 0.2) is 5.65 Å². The standard InChI is InChI=1S/C12H14BrN3O3/c1-2-19-10(17)7-16-11-9(15-12(16)18)5-8(3-4-13)6-14-11/h5-6H,2-4,7H2,1H3,(H,15,18). The van der Waals surface area contributed by atoms with Gasteiger partial charge in [0, 0.05) is 11.5 Å². The number of esters is 1. The number of fused-ring (bicyclic) bond motifs is 1. The number of aromatic nitrogens is 3. The predicted octanol–water partition coefficient (Wildman–Crippen LogP) is 1.23. The first-order valence-electron chi connectivity index (χ1n) is 5.94. The number of hydrogen-bond donors (Lipinski definition) is 1. The van der Waals surface area contributed by atoms with Gasteiger partial charge in [-0.05, 0) is 25.0 Å². The lowest BCUT2D eigenvalue weighted by Gasteiger charge is -2.03. The van der Waals surface area contributed by atoms with Crippen molar-refractivity contribution in [3.63, 3.8) is 0 Å². The topological polar surface area (TPSA) is 77.0 Å². The number of alkyl halides is 1. The van der Waals surface area contributed by atoms with E-state index in [0.717, 1.165) is 17.3 Å². The van der Waals surface area contributed by atoms with Crippen LogP contribution in [0.1, 0.15) is 12.5 Å². The number of pyridine rings is 1. The second kappa shape index (κ2) is 6.01. The fourth-order valence-corrected chi connectivity index (χ4v) is 2.27. The average molecular weight is 328 g/mol. The molecular weight excluding hydrogens is 314 g/mol. The van der Waals surface area contributed by atoms with Crippen LogP contribution in [-0.2, 0) is 22.5 Å². The number of rotatable bonds is 5. The van der Waals surface area contributed by atoms with Crippen molar-refractivity contribution in [1.82, 2.24) is 14.5 Å². The van der Waals surface area contributed by atoms with E-state index in [2.05, 4.69) is 25.9 Å². The number of hydrogen-bond acceptors (Lipinski definition) is 4. The lowest BCUT2D eigenvalue weighted by atomic mass is 10.2. The van der Waals surface area contributed by atoms with E-state index in [1.54, 1.807) is 13.1 Å². The molecule has 19 heavy (non-hydrogen) atoms. The van der Waals surface area contributed by atoms with E-state index in [-0.39, 0.29) is 12.2 Å². The Hall–Kier alpha value is -1.63. The van der Waals surface area contributed by atoms with Crippen molar-refractivity contribution in [2.24, 2.45) is 0 Å². The SMILES string of the molecule is CCOC(=O)Cn1c(=O)[nH]c2cc(CCBr)cnc21. The minimum Gasteiger partial charge on any atom is -0.465 e. The second-order valence-corrected chi connectivity index (χ2v) is 4.77. The quantitative estimate of drug-likeness (QED) is 0.661. The molecule has 2 rings (SSSR count). The first-order valence-corrected chi connectivity index (χ1v) is 7.07. The predicted molar refractivity (Wildman–Crippen MR) is 74.5 cm³/mol. The van der Waals surface area contributed by atoms with Crippen LogP contribution in [0, 0.1) is 0 Å². The number of imidazole rings is 1. The van der Waals surface area contributed by atoms with Crippen LogP contribution in [0.5, 0.6) is 0 Å². The minimum atomic E-state index is -0.447. The normalized spacial score (nSPS) is 10.8. The summed E-state index contributed by atoms with van der Waals surface area (Å²) in [5.41, 5.74) is 1.77. The van der Waals surface area contributed by atoms with Crippen LogP contribution >= 0.6 is 15.9 Å². The Labute approximate surface area is 117 Å². The van der Waals surface area contributed by atoms with Crippen molar-refractivity contribution in [3.8, 4) is 0 Å². The summed E-state index contributed by atoms with van der Waals surface area (Å²) in [6.07, 6.45) is 2.53. The smallest absolute Gasteiger partial charge is 0.328 e. The monoisotopic (exact) mass is 327 g/mol. The summed E-state index contributed by atoms with van der Waals surface area (Å²) >= 11 is 3.35. The van der Waals surface area contributed by atoms with Gasteiger partial charge in [0.25, 0.3) is 0 Å². The largest absolute Gasteiger partial charge is 0.465 e. The number of ether oxygens (including phenoxy) is 1. The van der Waals surface area contributed by atoms with Gasteiger partial charge in [-0.15, -0.1) is 0 Å². The molecule has 2 heterocycles. The maximum Gasteiger partial charge on any atom is 0.328 e. The zero-order valence-electron chi connectivity index (χ0n) is 10.5. The summed E-state index contributed by atoms with van der Waals surface area (Å²) < 4.78 is 6.12. The Bertz CT molecular complexity index is 647. The first-order chi connectivity index (χ1) is 9.15. The van der Waals surface area contributed by atoms with Crippen LogP contribution in [-0.4, -0.2) is 32.4 Å². The molecule has 0 saturated heterocycles. The fraction of sp³-hybridized carbons (Fsp3) is 0.417. The molecule has 2 aromatic heterocycles. The molecule has 0 atom stereocenters. The highest BCUT2D eigenvalue weighted by Crippen LogP contribution is 2.11. The van der Waals surface area contributed by atoms with Crippen molar-refractivity contribution in [1.29, 1.82) is 0 Å². The van der Waals surface area contributed by atoms with Crippen LogP contribution in [0.2, 0.25) is 0 Å². The van der Waals surface area contributed by atoms with Crippen molar-refractivity contribution in [3.05, 3.63) is 28.3 Å². The van der Waals surface area contributed by atoms with Gasteiger partial charge in [0.05, 0.1) is 12.1 Å². The number of nitrogens with zero attached hydrogens (tertiary/aromatic N) is 2. The van der Waals surface area contributed by atoms with E-state index in [4.69, 9.17) is 4.74 Å². The number of carbonyl (C=O) groups excluding carboxylic acids is 1. The van der Waals surface area contributed by atoms with Gasteiger partial charge in [-0.1, -0.05) is 15.9 Å². The second-order valence-electron chi connectivity index (χ2n) is 3.98. The van der Waals surface area contributed by atoms with Gasteiger partial charge in [-0.25, -0.2) is 9.78 Å². The number of halogens is 1. The van der Waals surface area contributed by atoms with Crippen molar-refractivity contribution in [2.75, 3.05) is 11.9 Å². The van der Waals surface area contributed by atoms with Crippen molar-refractivity contribution in [2.45, 2.75) is 19.9 Å². The van der Waals surface area contributed by atoms with Crippen LogP contribution in [0.15, 0.2) is 17.1 Å². The van der Waals surface area contributed by atoms with Crippen LogP contribution < -0.4 is 5.69 Å². The number of carbonyl (C=O) groups is 1. The number of aryl methyl sites for hydroxylation is 1. The highest BCUT2D eigenvalue weighted by atomic mass is 79.9. The Balaban J connectivity index is 2.36. The van der Waals surface area contributed by atoms with E-state index in [1.807, 2.05) is 6.07 Å². The molecule has 102 valence electrons. The summed E-state index contributed by atoms with van der Waals surface area (Å²) in [5.74, 6) is -0.447. The third-order valence-corrected chi connectivity index (χ3v) is 3.04. The molecule has 0 fully saturated rings. The molecule has 6 nitrogen and oxygen atoms in total. The average Bonchev–Trinajstić information content (AvgIpc) is 2.66. The molecule has 0 radical (unpaired) electrons. The zero-order chi connectivity index (χ0) is 13.8. The van der Waals surface area contributed by atoms with E-state index < -0.39 is 5.97 Å². The van der Waals surface area contributed by atoms with Crippen LogP contribution in [0.4, 0.5) is 0 Å². The van der Waals surface area contributed by atoms with Gasteiger partial charge >= 0.3 is 11.7 Å². The first kappa shape index (κ1) is 13.8. The zero-order valence-corrected chi connectivity index (χ0v) is 12.1. The lowest BCUT2D eigenvalue weighted by molar-refractivity contribution is -0.143. The summed E-state index contributed by atoms with van der Waals surface area (Å²) in [4.78, 5) is 30.2. The number of H-pyrrole nitrogens is 1. The van der Waals surface area contributed by atoms with Crippen molar-refractivity contribution < 1.29 is 9.53 Å². The minimum absolute atomic E-state index is 0.128.